The minimum absolute atomic E-state index is 0.0737. The average Bonchev–Trinajstić information content (AvgIpc) is 3.56. The monoisotopic (exact) mass is 529 g/mol. The summed E-state index contributed by atoms with van der Waals surface area (Å²) in [5.74, 6) is 1.40. The summed E-state index contributed by atoms with van der Waals surface area (Å²) < 4.78 is 5.26. The lowest BCUT2D eigenvalue weighted by molar-refractivity contribution is -0.204. The van der Waals surface area contributed by atoms with Gasteiger partial charge < -0.3 is 25.6 Å². The summed E-state index contributed by atoms with van der Waals surface area (Å²) in [6, 6.07) is 0.133. The van der Waals surface area contributed by atoms with E-state index in [1.807, 2.05) is 0 Å². The third-order valence-electron chi connectivity index (χ3n) is 12.3. The molecule has 8 heteroatoms. The fraction of sp³-hybridized carbons (Fsp3) is 0.867. The first kappa shape index (κ1) is 26.6. The highest BCUT2D eigenvalue weighted by Crippen LogP contribution is 2.69. The van der Waals surface area contributed by atoms with E-state index in [2.05, 4.69) is 29.4 Å². The van der Waals surface area contributed by atoms with Crippen LogP contribution < -0.4 is 10.6 Å². The summed E-state index contributed by atoms with van der Waals surface area (Å²) in [6.45, 7) is 8.13. The Balaban J connectivity index is 1.06. The second-order valence-electron chi connectivity index (χ2n) is 13.9. The summed E-state index contributed by atoms with van der Waals surface area (Å²) >= 11 is 0. The highest BCUT2D eigenvalue weighted by Gasteiger charge is 2.67. The molecule has 0 aromatic heterocycles. The topological polar surface area (TPSA) is 111 Å². The van der Waals surface area contributed by atoms with Gasteiger partial charge in [0.25, 0.3) is 0 Å². The summed E-state index contributed by atoms with van der Waals surface area (Å²) in [5, 5.41) is 28.3. The fourth-order valence-corrected chi connectivity index (χ4v) is 10.1. The lowest BCUT2D eigenvalue weighted by atomic mass is 9.43. The Kier molecular flexibility index (Phi) is 6.83. The number of fused-ring (bicyclic) bond motifs is 5. The summed E-state index contributed by atoms with van der Waals surface area (Å²) in [6.07, 6.45) is 11.5. The van der Waals surface area contributed by atoms with Gasteiger partial charge in [0.05, 0.1) is 11.7 Å². The number of carbonyl (C=O) groups excluding carboxylic acids is 2. The Labute approximate surface area is 226 Å². The summed E-state index contributed by atoms with van der Waals surface area (Å²) in [5.41, 5.74) is 0.423. The number of ether oxygens (including phenoxy) is 1. The first-order valence-corrected chi connectivity index (χ1v) is 15.2. The number of cyclic esters (lactones) is 1. The average molecular weight is 530 g/mol. The third-order valence-corrected chi connectivity index (χ3v) is 12.3. The molecule has 8 nitrogen and oxygen atoms in total. The lowest BCUT2D eigenvalue weighted by Gasteiger charge is -2.63. The van der Waals surface area contributed by atoms with Gasteiger partial charge >= 0.3 is 12.0 Å². The molecule has 6 rings (SSSR count). The van der Waals surface area contributed by atoms with E-state index in [0.717, 1.165) is 82.9 Å². The molecular weight excluding hydrogens is 482 g/mol. The quantitative estimate of drug-likeness (QED) is 0.408. The van der Waals surface area contributed by atoms with Crippen LogP contribution in [-0.4, -0.2) is 77.6 Å². The predicted octanol–water partition coefficient (Wildman–Crippen LogP) is 2.98. The van der Waals surface area contributed by atoms with Crippen LogP contribution in [0.3, 0.4) is 0 Å². The zero-order chi connectivity index (χ0) is 26.7. The van der Waals surface area contributed by atoms with Crippen LogP contribution >= 0.6 is 0 Å². The van der Waals surface area contributed by atoms with E-state index in [-0.39, 0.29) is 40.9 Å². The number of amides is 2. The number of nitrogens with zero attached hydrogens (tertiary/aromatic N) is 1. The van der Waals surface area contributed by atoms with Crippen molar-refractivity contribution in [3.8, 4) is 0 Å². The maximum Gasteiger partial charge on any atom is 0.331 e. The van der Waals surface area contributed by atoms with Crippen molar-refractivity contribution in [1.82, 2.24) is 15.5 Å². The first-order chi connectivity index (χ1) is 18.1. The van der Waals surface area contributed by atoms with Crippen molar-refractivity contribution in [3.05, 3.63) is 11.6 Å². The number of aliphatic hydroxyl groups is 2. The second kappa shape index (κ2) is 9.77. The van der Waals surface area contributed by atoms with Crippen molar-refractivity contribution in [2.24, 2.45) is 34.5 Å². The van der Waals surface area contributed by atoms with E-state index in [1.165, 1.54) is 0 Å². The largest absolute Gasteiger partial charge is 0.458 e. The molecule has 6 aliphatic rings. The Bertz CT molecular complexity index is 987. The molecule has 2 aliphatic heterocycles. The molecule has 2 heterocycles. The van der Waals surface area contributed by atoms with Crippen LogP contribution in [0, 0.1) is 34.5 Å². The highest BCUT2D eigenvalue weighted by atomic mass is 16.5. The molecule has 4 saturated carbocycles. The van der Waals surface area contributed by atoms with Crippen LogP contribution in [0.1, 0.15) is 78.1 Å². The van der Waals surface area contributed by atoms with Crippen LogP contribution in [-0.2, 0) is 9.53 Å². The van der Waals surface area contributed by atoms with E-state index in [0.29, 0.717) is 37.5 Å². The molecule has 0 radical (unpaired) electrons. The Morgan fingerprint density at radius 1 is 1.11 bits per heavy atom. The summed E-state index contributed by atoms with van der Waals surface area (Å²) in [7, 11) is 0. The number of likely N-dealkylation sites (tertiary alicyclic amines) is 1. The van der Waals surface area contributed by atoms with Gasteiger partial charge in [-0.1, -0.05) is 13.8 Å². The van der Waals surface area contributed by atoms with Crippen LogP contribution in [0.5, 0.6) is 0 Å². The highest BCUT2D eigenvalue weighted by molar-refractivity contribution is 5.85. The van der Waals surface area contributed by atoms with E-state index in [4.69, 9.17) is 4.74 Å². The van der Waals surface area contributed by atoms with Crippen molar-refractivity contribution in [1.29, 1.82) is 0 Å². The van der Waals surface area contributed by atoms with Crippen LogP contribution in [0.15, 0.2) is 11.6 Å². The van der Waals surface area contributed by atoms with Crippen LogP contribution in [0.25, 0.3) is 0 Å². The second-order valence-corrected chi connectivity index (χ2v) is 13.9. The van der Waals surface area contributed by atoms with Gasteiger partial charge in [0.15, 0.2) is 0 Å². The van der Waals surface area contributed by atoms with E-state index in [9.17, 15) is 19.8 Å². The van der Waals surface area contributed by atoms with Crippen molar-refractivity contribution in [2.45, 2.75) is 95.8 Å². The molecule has 4 aliphatic carbocycles. The molecule has 38 heavy (non-hydrogen) atoms. The number of rotatable bonds is 5. The van der Waals surface area contributed by atoms with Gasteiger partial charge in [0.2, 0.25) is 0 Å². The first-order valence-electron chi connectivity index (χ1n) is 15.2. The van der Waals surface area contributed by atoms with Gasteiger partial charge in [-0.3, -0.25) is 4.90 Å². The molecule has 0 aromatic rings. The zero-order valence-corrected chi connectivity index (χ0v) is 23.2. The lowest BCUT2D eigenvalue weighted by Crippen LogP contribution is -2.63. The van der Waals surface area contributed by atoms with Gasteiger partial charge in [0, 0.05) is 43.7 Å². The minimum Gasteiger partial charge on any atom is -0.458 e. The molecular formula is C30H47N3O5. The zero-order valence-electron chi connectivity index (χ0n) is 23.2. The predicted molar refractivity (Wildman–Crippen MR) is 143 cm³/mol. The normalized spacial score (nSPS) is 46.5. The van der Waals surface area contributed by atoms with Crippen molar-refractivity contribution < 1.29 is 24.5 Å². The number of hydrogen-bond acceptors (Lipinski definition) is 6. The molecule has 0 unspecified atom stereocenters. The van der Waals surface area contributed by atoms with Gasteiger partial charge in [0.1, 0.15) is 6.61 Å². The number of carbonyl (C=O) groups is 2. The maximum absolute atomic E-state index is 12.6. The number of urea groups is 1. The maximum atomic E-state index is 12.6. The minimum atomic E-state index is -0.679. The smallest absolute Gasteiger partial charge is 0.331 e. The fourth-order valence-electron chi connectivity index (χ4n) is 10.1. The van der Waals surface area contributed by atoms with Crippen molar-refractivity contribution >= 4 is 12.0 Å². The van der Waals surface area contributed by atoms with Gasteiger partial charge in [-0.25, -0.2) is 9.59 Å². The third kappa shape index (κ3) is 4.29. The summed E-state index contributed by atoms with van der Waals surface area (Å²) in [4.78, 5) is 26.6. The standard InChI is InChI=1S/C30H47N3O5/c1-28-9-5-21(32-27(36)31-12-14-33-13-8-22(34)17-33)16-20(28)3-4-25-24(28)6-10-29(2)23(7-11-30(25,29)37)19-15-26(35)38-18-19/h15,20-25,34,37H,3-14,16-18H2,1-2H3,(H2,31,32,36)/t20-,21+,22+,23-,24+,25-,28+,29-,30+/m1/s1. The molecule has 0 spiro atoms. The Morgan fingerprint density at radius 3 is 2.68 bits per heavy atom. The molecule has 212 valence electrons. The number of nitrogens with one attached hydrogen (secondary N) is 2. The van der Waals surface area contributed by atoms with E-state index < -0.39 is 5.60 Å². The molecule has 4 N–H and O–H groups in total. The molecule has 1 saturated heterocycles. The van der Waals surface area contributed by atoms with Gasteiger partial charge in [-0.15, -0.1) is 0 Å². The molecule has 5 fully saturated rings. The number of esters is 1. The number of hydrogen-bond donors (Lipinski definition) is 4. The Morgan fingerprint density at radius 2 is 1.95 bits per heavy atom. The molecule has 9 atom stereocenters. The Hall–Kier alpha value is -1.64. The SMILES string of the molecule is C[C@]12CC[C@H](NC(=O)NCCN3CC[C@H](O)C3)C[C@H]1CC[C@@H]1[C@@H]2CC[C@]2(C)[C@@H](C3=CC(=O)OC3)CC[C@]12O. The van der Waals surface area contributed by atoms with Crippen LogP contribution in [0.4, 0.5) is 4.79 Å². The van der Waals surface area contributed by atoms with Crippen molar-refractivity contribution in [2.75, 3.05) is 32.8 Å². The van der Waals surface area contributed by atoms with E-state index in [1.54, 1.807) is 6.08 Å². The van der Waals surface area contributed by atoms with Crippen molar-refractivity contribution in [3.63, 3.8) is 0 Å². The van der Waals surface area contributed by atoms with E-state index >= 15 is 0 Å². The van der Waals surface area contributed by atoms with Gasteiger partial charge in [-0.2, -0.15) is 0 Å². The van der Waals surface area contributed by atoms with Crippen LogP contribution in [0.2, 0.25) is 0 Å². The molecule has 2 amide bonds. The van der Waals surface area contributed by atoms with Gasteiger partial charge in [-0.05, 0) is 98.9 Å². The molecule has 0 bridgehead atoms. The molecule has 0 aromatic carbocycles. The number of β-amino-alcohol motifs (C(OH)–C–C–N with tert-alkyl or cyclic N) is 1. The number of aliphatic hydroxyl groups excluding tert-OH is 1.